The Bertz CT molecular complexity index is 1460. The number of rotatable bonds is 8. The van der Waals surface area contributed by atoms with E-state index in [-0.39, 0.29) is 11.8 Å². The fourth-order valence-corrected chi connectivity index (χ4v) is 5.46. The van der Waals surface area contributed by atoms with E-state index >= 15 is 0 Å². The molecule has 3 aromatic carbocycles. The highest BCUT2D eigenvalue weighted by Crippen LogP contribution is 2.38. The minimum absolute atomic E-state index is 0.00526. The molecular formula is C31H33N3O4. The SMILES string of the molecule is CC(C)c1ccccc1OCCCn1c(C2CC(=O)N(c3ccc4c(c3)OCCO4)C2)nc2ccccc21. The molecule has 4 aromatic rings. The van der Waals surface area contributed by atoms with Crippen LogP contribution in [0.3, 0.4) is 0 Å². The van der Waals surface area contributed by atoms with Gasteiger partial charge in [0.25, 0.3) is 0 Å². The normalized spacial score (nSPS) is 17.0. The van der Waals surface area contributed by atoms with Gasteiger partial charge in [-0.2, -0.15) is 0 Å². The summed E-state index contributed by atoms with van der Waals surface area (Å²) >= 11 is 0. The zero-order valence-corrected chi connectivity index (χ0v) is 21.9. The van der Waals surface area contributed by atoms with Gasteiger partial charge in [0.05, 0.1) is 17.6 Å². The second kappa shape index (κ2) is 10.4. The number of imidazole rings is 1. The van der Waals surface area contributed by atoms with Crippen molar-refractivity contribution < 1.29 is 19.0 Å². The van der Waals surface area contributed by atoms with Crippen LogP contribution in [0, 0.1) is 0 Å². The van der Waals surface area contributed by atoms with Gasteiger partial charge in [0.1, 0.15) is 24.8 Å². The van der Waals surface area contributed by atoms with E-state index in [1.807, 2.05) is 53.4 Å². The van der Waals surface area contributed by atoms with Gasteiger partial charge in [-0.05, 0) is 48.2 Å². The lowest BCUT2D eigenvalue weighted by molar-refractivity contribution is -0.117. The molecule has 1 fully saturated rings. The van der Waals surface area contributed by atoms with Gasteiger partial charge in [0.15, 0.2) is 11.5 Å². The van der Waals surface area contributed by atoms with E-state index < -0.39 is 0 Å². The number of aromatic nitrogens is 2. The second-order valence-corrected chi connectivity index (χ2v) is 10.2. The van der Waals surface area contributed by atoms with Crippen LogP contribution in [0.25, 0.3) is 11.0 Å². The third-order valence-corrected chi connectivity index (χ3v) is 7.34. The highest BCUT2D eigenvalue weighted by atomic mass is 16.6. The summed E-state index contributed by atoms with van der Waals surface area (Å²) < 4.78 is 19.9. The summed E-state index contributed by atoms with van der Waals surface area (Å²) in [6, 6.07) is 22.2. The molecule has 0 aliphatic carbocycles. The summed E-state index contributed by atoms with van der Waals surface area (Å²) in [7, 11) is 0. The third-order valence-electron chi connectivity index (χ3n) is 7.34. The van der Waals surface area contributed by atoms with Gasteiger partial charge in [-0.3, -0.25) is 4.79 Å². The van der Waals surface area contributed by atoms with Gasteiger partial charge < -0.3 is 23.7 Å². The number of carbonyl (C=O) groups is 1. The van der Waals surface area contributed by atoms with Crippen molar-refractivity contribution in [2.45, 2.75) is 45.1 Å². The fraction of sp³-hybridized carbons (Fsp3) is 0.355. The van der Waals surface area contributed by atoms with Gasteiger partial charge in [-0.25, -0.2) is 4.98 Å². The molecule has 0 N–H and O–H groups in total. The first-order valence-corrected chi connectivity index (χ1v) is 13.5. The summed E-state index contributed by atoms with van der Waals surface area (Å²) in [5, 5.41) is 0. The number of ether oxygens (including phenoxy) is 3. The van der Waals surface area contributed by atoms with Crippen molar-refractivity contribution in [3.8, 4) is 17.2 Å². The molecule has 0 saturated carbocycles. The standard InChI is InChI=1S/C31H33N3O4/c1-21(2)24-8-3-6-11-27(24)36-15-7-14-33-26-10-5-4-9-25(26)32-31(33)22-18-30(35)34(20-22)23-12-13-28-29(19-23)38-17-16-37-28/h3-6,8-13,19,21-22H,7,14-18,20H2,1-2H3. The zero-order valence-electron chi connectivity index (χ0n) is 21.9. The monoisotopic (exact) mass is 511 g/mol. The Balaban J connectivity index is 1.20. The lowest BCUT2D eigenvalue weighted by Crippen LogP contribution is -2.25. The molecule has 1 unspecified atom stereocenters. The van der Waals surface area contributed by atoms with Gasteiger partial charge in [-0.1, -0.05) is 44.2 Å². The highest BCUT2D eigenvalue weighted by molar-refractivity contribution is 5.97. The van der Waals surface area contributed by atoms with Crippen molar-refractivity contribution in [1.29, 1.82) is 0 Å². The van der Waals surface area contributed by atoms with E-state index in [1.54, 1.807) is 0 Å². The summed E-state index contributed by atoms with van der Waals surface area (Å²) in [6.45, 7) is 7.40. The van der Waals surface area contributed by atoms with Crippen LogP contribution >= 0.6 is 0 Å². The van der Waals surface area contributed by atoms with Crippen molar-refractivity contribution in [3.05, 3.63) is 78.1 Å². The maximum atomic E-state index is 13.2. The number of amides is 1. The predicted molar refractivity (Wildman–Crippen MR) is 148 cm³/mol. The molecule has 1 aromatic heterocycles. The Labute approximate surface area is 222 Å². The number of hydrogen-bond donors (Lipinski definition) is 0. The lowest BCUT2D eigenvalue weighted by Gasteiger charge is -2.22. The molecule has 38 heavy (non-hydrogen) atoms. The number of nitrogens with zero attached hydrogens (tertiary/aromatic N) is 3. The Morgan fingerprint density at radius 1 is 1.00 bits per heavy atom. The topological polar surface area (TPSA) is 65.8 Å². The van der Waals surface area contributed by atoms with Crippen LogP contribution in [0.1, 0.15) is 49.9 Å². The van der Waals surface area contributed by atoms with E-state index in [2.05, 4.69) is 36.6 Å². The van der Waals surface area contributed by atoms with E-state index in [1.165, 1.54) is 5.56 Å². The highest BCUT2D eigenvalue weighted by Gasteiger charge is 2.35. The summed E-state index contributed by atoms with van der Waals surface area (Å²) in [5.74, 6) is 3.84. The Morgan fingerprint density at radius 3 is 2.66 bits per heavy atom. The van der Waals surface area contributed by atoms with Crippen LogP contribution in [-0.2, 0) is 11.3 Å². The largest absolute Gasteiger partial charge is 0.493 e. The number of fused-ring (bicyclic) bond motifs is 2. The van der Waals surface area contributed by atoms with Crippen LogP contribution in [0.2, 0.25) is 0 Å². The smallest absolute Gasteiger partial charge is 0.227 e. The van der Waals surface area contributed by atoms with E-state index in [4.69, 9.17) is 19.2 Å². The number of hydrogen-bond acceptors (Lipinski definition) is 5. The third kappa shape index (κ3) is 4.69. The molecule has 0 bridgehead atoms. The van der Waals surface area contributed by atoms with Gasteiger partial charge in [-0.15, -0.1) is 0 Å². The number of benzene rings is 3. The molecule has 2 aliphatic rings. The number of aryl methyl sites for hydroxylation is 1. The number of para-hydroxylation sites is 3. The molecule has 7 heteroatoms. The Morgan fingerprint density at radius 2 is 1.79 bits per heavy atom. The van der Waals surface area contributed by atoms with Crippen molar-refractivity contribution in [3.63, 3.8) is 0 Å². The van der Waals surface area contributed by atoms with Gasteiger partial charge in [0, 0.05) is 37.2 Å². The van der Waals surface area contributed by atoms with Crippen LogP contribution in [0.15, 0.2) is 66.7 Å². The average Bonchev–Trinajstić information content (AvgIpc) is 3.51. The molecule has 1 atom stereocenters. The predicted octanol–water partition coefficient (Wildman–Crippen LogP) is 5.92. The van der Waals surface area contributed by atoms with E-state index in [0.717, 1.165) is 47.0 Å². The first-order valence-electron chi connectivity index (χ1n) is 13.5. The van der Waals surface area contributed by atoms with Crippen molar-refractivity contribution in [2.75, 3.05) is 31.3 Å². The van der Waals surface area contributed by atoms with E-state index in [0.29, 0.717) is 44.5 Å². The van der Waals surface area contributed by atoms with Crippen molar-refractivity contribution in [2.24, 2.45) is 0 Å². The Kier molecular flexibility index (Phi) is 6.66. The molecule has 6 rings (SSSR count). The van der Waals surface area contributed by atoms with Crippen LogP contribution < -0.4 is 19.1 Å². The molecule has 196 valence electrons. The van der Waals surface area contributed by atoms with Crippen LogP contribution in [-0.4, -0.2) is 41.8 Å². The van der Waals surface area contributed by atoms with Crippen molar-refractivity contribution >= 4 is 22.6 Å². The van der Waals surface area contributed by atoms with E-state index in [9.17, 15) is 4.79 Å². The lowest BCUT2D eigenvalue weighted by atomic mass is 10.0. The molecule has 3 heterocycles. The van der Waals surface area contributed by atoms with Crippen LogP contribution in [0.4, 0.5) is 5.69 Å². The maximum Gasteiger partial charge on any atom is 0.227 e. The molecule has 1 saturated heterocycles. The zero-order chi connectivity index (χ0) is 26.1. The molecule has 1 amide bonds. The number of carbonyl (C=O) groups excluding carboxylic acids is 1. The number of anilines is 1. The van der Waals surface area contributed by atoms with Gasteiger partial charge in [0.2, 0.25) is 5.91 Å². The second-order valence-electron chi connectivity index (χ2n) is 10.2. The molecular weight excluding hydrogens is 478 g/mol. The quantitative estimate of drug-likeness (QED) is 0.275. The molecule has 0 spiro atoms. The fourth-order valence-electron chi connectivity index (χ4n) is 5.46. The van der Waals surface area contributed by atoms with Crippen LogP contribution in [0.5, 0.6) is 17.2 Å². The molecule has 0 radical (unpaired) electrons. The first kappa shape index (κ1) is 24.3. The van der Waals surface area contributed by atoms with Crippen molar-refractivity contribution in [1.82, 2.24) is 9.55 Å². The summed E-state index contributed by atoms with van der Waals surface area (Å²) in [4.78, 5) is 20.0. The Hall–Kier alpha value is -4.00. The minimum Gasteiger partial charge on any atom is -0.493 e. The molecule has 2 aliphatic heterocycles. The minimum atomic E-state index is 0.00526. The molecule has 7 nitrogen and oxygen atoms in total. The average molecular weight is 512 g/mol. The maximum absolute atomic E-state index is 13.2. The first-order chi connectivity index (χ1) is 18.6. The van der Waals surface area contributed by atoms with Gasteiger partial charge >= 0.3 is 0 Å². The summed E-state index contributed by atoms with van der Waals surface area (Å²) in [5.41, 5.74) is 4.11. The summed E-state index contributed by atoms with van der Waals surface area (Å²) in [6.07, 6.45) is 1.27.